The normalized spacial score (nSPS) is 11.1. The van der Waals surface area contributed by atoms with Crippen LogP contribution in [0.15, 0.2) is 58.5 Å². The zero-order valence-corrected chi connectivity index (χ0v) is 11.6. The quantitative estimate of drug-likeness (QED) is 0.528. The van der Waals surface area contributed by atoms with E-state index in [0.29, 0.717) is 17.0 Å². The summed E-state index contributed by atoms with van der Waals surface area (Å²) in [6.07, 6.45) is 4.58. The fourth-order valence-corrected chi connectivity index (χ4v) is 2.53. The van der Waals surface area contributed by atoms with Gasteiger partial charge in [-0.15, -0.1) is 11.3 Å². The monoisotopic (exact) mass is 299 g/mol. The highest BCUT2D eigenvalue weighted by atomic mass is 32.1. The summed E-state index contributed by atoms with van der Waals surface area (Å²) < 4.78 is 18.3. The van der Waals surface area contributed by atoms with Crippen LogP contribution in [0.5, 0.6) is 0 Å². The molecule has 0 saturated heterocycles. The van der Waals surface area contributed by atoms with E-state index in [1.807, 2.05) is 11.4 Å². The average Bonchev–Trinajstić information content (AvgIpc) is 3.15. The van der Waals surface area contributed by atoms with Crippen molar-refractivity contribution in [1.29, 1.82) is 0 Å². The number of halogens is 1. The van der Waals surface area contributed by atoms with Gasteiger partial charge in [0.25, 0.3) is 0 Å². The molecule has 0 amide bonds. The van der Waals surface area contributed by atoms with E-state index < -0.39 is 5.82 Å². The molecule has 0 fully saturated rings. The Labute approximate surface area is 124 Å². The first-order chi connectivity index (χ1) is 10.2. The molecule has 3 aromatic rings. The molecule has 0 aliphatic rings. The predicted octanol–water partition coefficient (Wildman–Crippen LogP) is 4.44. The lowest BCUT2D eigenvalue weighted by atomic mass is 10.1. The Bertz CT molecular complexity index is 790. The Hall–Kier alpha value is -2.53. The number of hydrogen-bond donors (Lipinski definition) is 0. The lowest BCUT2D eigenvalue weighted by molar-refractivity contribution is 0.104. The van der Waals surface area contributed by atoms with Gasteiger partial charge in [0, 0.05) is 10.9 Å². The van der Waals surface area contributed by atoms with Gasteiger partial charge in [-0.05, 0) is 36.4 Å². The summed E-state index contributed by atoms with van der Waals surface area (Å²) in [5.74, 6) is 0.00108. The molecule has 0 unspecified atom stereocenters. The number of furan rings is 1. The van der Waals surface area contributed by atoms with Crippen LogP contribution < -0.4 is 0 Å². The van der Waals surface area contributed by atoms with Gasteiger partial charge in [0.05, 0.1) is 12.0 Å². The van der Waals surface area contributed by atoms with Gasteiger partial charge >= 0.3 is 0 Å². The number of rotatable bonds is 4. The molecule has 2 heterocycles. The van der Waals surface area contributed by atoms with Crippen LogP contribution in [0, 0.1) is 5.82 Å². The number of aromatic nitrogens is 1. The predicted molar refractivity (Wildman–Crippen MR) is 79.6 cm³/mol. The standard InChI is InChI=1S/C16H10FNO2S/c17-12-4-1-3-11(9-12)14(19)7-6-13-10-21-16(18-13)15-5-2-8-20-15/h1-10H/b7-6+. The number of hydrogen-bond acceptors (Lipinski definition) is 4. The minimum absolute atomic E-state index is 0.262. The zero-order chi connectivity index (χ0) is 14.7. The maximum absolute atomic E-state index is 13.1. The molecule has 0 radical (unpaired) electrons. The number of carbonyl (C=O) groups excluding carboxylic acids is 1. The summed E-state index contributed by atoms with van der Waals surface area (Å²) in [6.45, 7) is 0. The average molecular weight is 299 g/mol. The second-order valence-electron chi connectivity index (χ2n) is 4.26. The van der Waals surface area contributed by atoms with E-state index in [9.17, 15) is 9.18 Å². The molecule has 0 spiro atoms. The lowest BCUT2D eigenvalue weighted by Gasteiger charge is -1.94. The van der Waals surface area contributed by atoms with Crippen molar-refractivity contribution in [3.8, 4) is 10.8 Å². The van der Waals surface area contributed by atoms with Crippen LogP contribution in [0.4, 0.5) is 4.39 Å². The smallest absolute Gasteiger partial charge is 0.186 e. The Balaban J connectivity index is 1.76. The second kappa shape index (κ2) is 5.85. The van der Waals surface area contributed by atoms with Crippen molar-refractivity contribution in [3.63, 3.8) is 0 Å². The van der Waals surface area contributed by atoms with Gasteiger partial charge in [0.2, 0.25) is 0 Å². The maximum atomic E-state index is 13.1. The fourth-order valence-electron chi connectivity index (χ4n) is 1.78. The van der Waals surface area contributed by atoms with E-state index in [-0.39, 0.29) is 5.78 Å². The van der Waals surface area contributed by atoms with Crippen molar-refractivity contribution in [2.45, 2.75) is 0 Å². The van der Waals surface area contributed by atoms with E-state index in [2.05, 4.69) is 4.98 Å². The Kier molecular flexibility index (Phi) is 3.75. The molecule has 2 aromatic heterocycles. The summed E-state index contributed by atoms with van der Waals surface area (Å²) >= 11 is 1.43. The van der Waals surface area contributed by atoms with Gasteiger partial charge in [-0.3, -0.25) is 4.79 Å². The largest absolute Gasteiger partial charge is 0.462 e. The van der Waals surface area contributed by atoms with Crippen LogP contribution in [0.25, 0.3) is 16.8 Å². The molecule has 3 nitrogen and oxygen atoms in total. The molecule has 0 aliphatic carbocycles. The molecular formula is C16H10FNO2S. The Morgan fingerprint density at radius 1 is 1.29 bits per heavy atom. The van der Waals surface area contributed by atoms with Gasteiger partial charge in [-0.25, -0.2) is 9.37 Å². The zero-order valence-electron chi connectivity index (χ0n) is 10.8. The van der Waals surface area contributed by atoms with Crippen LogP contribution in [0.2, 0.25) is 0 Å². The number of thiazole rings is 1. The van der Waals surface area contributed by atoms with Crippen molar-refractivity contribution in [2.24, 2.45) is 0 Å². The highest BCUT2D eigenvalue weighted by Gasteiger charge is 2.06. The van der Waals surface area contributed by atoms with E-state index in [4.69, 9.17) is 4.42 Å². The van der Waals surface area contributed by atoms with Gasteiger partial charge in [-0.2, -0.15) is 0 Å². The SMILES string of the molecule is O=C(/C=C/c1csc(-c2ccco2)n1)c1cccc(F)c1. The molecule has 0 bridgehead atoms. The van der Waals surface area contributed by atoms with Gasteiger partial charge in [0.1, 0.15) is 5.82 Å². The minimum Gasteiger partial charge on any atom is -0.462 e. The first kappa shape index (κ1) is 13.5. The van der Waals surface area contributed by atoms with Crippen molar-refractivity contribution < 1.29 is 13.6 Å². The van der Waals surface area contributed by atoms with Crippen LogP contribution in [0.3, 0.4) is 0 Å². The second-order valence-corrected chi connectivity index (χ2v) is 5.12. The molecule has 0 saturated carbocycles. The first-order valence-electron chi connectivity index (χ1n) is 6.20. The Morgan fingerprint density at radius 2 is 2.19 bits per heavy atom. The summed E-state index contributed by atoms with van der Waals surface area (Å²) in [4.78, 5) is 16.3. The van der Waals surface area contributed by atoms with Crippen molar-refractivity contribution in [2.75, 3.05) is 0 Å². The van der Waals surface area contributed by atoms with Gasteiger partial charge < -0.3 is 4.42 Å². The molecule has 1 aromatic carbocycles. The molecular weight excluding hydrogens is 289 g/mol. The number of carbonyl (C=O) groups is 1. The number of benzene rings is 1. The minimum atomic E-state index is -0.428. The molecule has 104 valence electrons. The fraction of sp³-hybridized carbons (Fsp3) is 0. The topological polar surface area (TPSA) is 43.1 Å². The van der Waals surface area contributed by atoms with Crippen molar-refractivity contribution >= 4 is 23.2 Å². The third kappa shape index (κ3) is 3.14. The van der Waals surface area contributed by atoms with Crippen LogP contribution in [-0.4, -0.2) is 10.8 Å². The van der Waals surface area contributed by atoms with E-state index >= 15 is 0 Å². The van der Waals surface area contributed by atoms with Gasteiger partial charge in [-0.1, -0.05) is 12.1 Å². The van der Waals surface area contributed by atoms with Crippen LogP contribution in [-0.2, 0) is 0 Å². The van der Waals surface area contributed by atoms with Crippen LogP contribution in [0.1, 0.15) is 16.1 Å². The highest BCUT2D eigenvalue weighted by molar-refractivity contribution is 7.13. The summed E-state index contributed by atoms with van der Waals surface area (Å²) in [5, 5.41) is 2.57. The molecule has 5 heteroatoms. The summed E-state index contributed by atoms with van der Waals surface area (Å²) in [6, 6.07) is 9.21. The number of allylic oxidation sites excluding steroid dienone is 1. The molecule has 0 aliphatic heterocycles. The molecule has 0 atom stereocenters. The van der Waals surface area contributed by atoms with E-state index in [0.717, 1.165) is 5.01 Å². The number of nitrogens with zero attached hydrogens (tertiary/aromatic N) is 1. The third-order valence-electron chi connectivity index (χ3n) is 2.77. The Morgan fingerprint density at radius 3 is 2.95 bits per heavy atom. The highest BCUT2D eigenvalue weighted by Crippen LogP contribution is 2.24. The van der Waals surface area contributed by atoms with Crippen molar-refractivity contribution in [1.82, 2.24) is 4.98 Å². The first-order valence-corrected chi connectivity index (χ1v) is 7.08. The third-order valence-corrected chi connectivity index (χ3v) is 3.64. The van der Waals surface area contributed by atoms with Crippen LogP contribution >= 0.6 is 11.3 Å². The maximum Gasteiger partial charge on any atom is 0.186 e. The van der Waals surface area contributed by atoms with E-state index in [1.165, 1.54) is 35.6 Å². The molecule has 21 heavy (non-hydrogen) atoms. The summed E-state index contributed by atoms with van der Waals surface area (Å²) in [5.41, 5.74) is 0.976. The number of ketones is 1. The van der Waals surface area contributed by atoms with E-state index in [1.54, 1.807) is 24.5 Å². The molecule has 3 rings (SSSR count). The van der Waals surface area contributed by atoms with Gasteiger partial charge in [0.15, 0.2) is 16.6 Å². The lowest BCUT2D eigenvalue weighted by Crippen LogP contribution is -1.94. The molecule has 0 N–H and O–H groups in total. The van der Waals surface area contributed by atoms with Crippen molar-refractivity contribution in [3.05, 3.63) is 71.2 Å². The summed E-state index contributed by atoms with van der Waals surface area (Å²) in [7, 11) is 0.